The molecular weight excluding hydrogens is 390 g/mol. The Hall–Kier alpha value is -1.84. The molecule has 0 amide bonds. The van der Waals surface area contributed by atoms with Gasteiger partial charge in [0.1, 0.15) is 0 Å². The summed E-state index contributed by atoms with van der Waals surface area (Å²) in [6.07, 6.45) is 0. The highest BCUT2D eigenvalue weighted by Gasteiger charge is 2.10. The minimum absolute atomic E-state index is 1.11. The van der Waals surface area contributed by atoms with Crippen molar-refractivity contribution >= 4 is 69.2 Å². The summed E-state index contributed by atoms with van der Waals surface area (Å²) in [5.74, 6) is 0. The van der Waals surface area contributed by atoms with Gasteiger partial charge in [-0.3, -0.25) is 0 Å². The number of H-pyrrole nitrogens is 1. The molecule has 25 heavy (non-hydrogen) atoms. The van der Waals surface area contributed by atoms with Crippen molar-refractivity contribution in [3.63, 3.8) is 0 Å². The third kappa shape index (κ3) is 3.07. The zero-order valence-electron chi connectivity index (χ0n) is 15.0. The lowest BCUT2D eigenvalue weighted by Crippen LogP contribution is -1.69. The Balaban J connectivity index is 0.000000428. The number of thiophene rings is 1. The summed E-state index contributed by atoms with van der Waals surface area (Å²) in [6, 6.07) is 19.7. The van der Waals surface area contributed by atoms with E-state index in [2.05, 4.69) is 75.5 Å². The summed E-state index contributed by atoms with van der Waals surface area (Å²) < 4.78 is 3.80. The second kappa shape index (κ2) is 7.59. The Kier molecular flexibility index (Phi) is 5.45. The van der Waals surface area contributed by atoms with E-state index in [0.29, 0.717) is 0 Å². The fourth-order valence-electron chi connectivity index (χ4n) is 3.10. The van der Waals surface area contributed by atoms with E-state index in [1.807, 2.05) is 39.0 Å². The molecular formula is C22H22BrNS. The molecule has 0 atom stereocenters. The van der Waals surface area contributed by atoms with Crippen LogP contribution in [0.4, 0.5) is 0 Å². The Labute approximate surface area is 160 Å². The second-order valence-corrected chi connectivity index (χ2v) is 7.31. The molecule has 0 saturated carbocycles. The fraction of sp³-hybridized carbons (Fsp3) is 0.182. The summed E-state index contributed by atoms with van der Waals surface area (Å²) in [5.41, 5.74) is 2.39. The van der Waals surface area contributed by atoms with Crippen LogP contribution in [-0.4, -0.2) is 4.98 Å². The van der Waals surface area contributed by atoms with E-state index < -0.39 is 0 Å². The predicted molar refractivity (Wildman–Crippen MR) is 119 cm³/mol. The minimum Gasteiger partial charge on any atom is -0.354 e. The topological polar surface area (TPSA) is 15.8 Å². The molecule has 2 heterocycles. The van der Waals surface area contributed by atoms with Crippen molar-refractivity contribution in [1.82, 2.24) is 4.98 Å². The van der Waals surface area contributed by atoms with Crippen LogP contribution in [-0.2, 0) is 0 Å². The first-order valence-electron chi connectivity index (χ1n) is 8.82. The Morgan fingerprint density at radius 3 is 2.20 bits per heavy atom. The molecule has 5 aromatic rings. The quantitative estimate of drug-likeness (QED) is 0.262. The van der Waals surface area contributed by atoms with Crippen LogP contribution in [0.1, 0.15) is 27.7 Å². The molecule has 2 aromatic heterocycles. The van der Waals surface area contributed by atoms with E-state index in [-0.39, 0.29) is 0 Å². The number of hydrogen-bond acceptors (Lipinski definition) is 1. The van der Waals surface area contributed by atoms with Crippen molar-refractivity contribution in [2.24, 2.45) is 0 Å². The maximum absolute atomic E-state index is 3.54. The standard InChI is InChI=1S/C18H10BrNS.2C2H6/c19-10-5-6-11-13-8-14-12-3-1-2-4-17(12)21-18(14)9-16(13)20-15(11)7-10;2*1-2/h1-9,20H;2*1-2H3. The monoisotopic (exact) mass is 411 g/mol. The van der Waals surface area contributed by atoms with Crippen LogP contribution in [0.25, 0.3) is 42.0 Å². The average molecular weight is 412 g/mol. The predicted octanol–water partition coefficient (Wildman–Crippen LogP) is 8.50. The molecule has 0 radical (unpaired) electrons. The van der Waals surface area contributed by atoms with Gasteiger partial charge in [-0.2, -0.15) is 0 Å². The zero-order valence-corrected chi connectivity index (χ0v) is 17.4. The molecule has 0 spiro atoms. The smallest absolute Gasteiger partial charge is 0.0479 e. The highest BCUT2D eigenvalue weighted by Crippen LogP contribution is 2.38. The van der Waals surface area contributed by atoms with Crippen LogP contribution in [0.5, 0.6) is 0 Å². The molecule has 0 fully saturated rings. The molecule has 0 aliphatic rings. The molecule has 0 bridgehead atoms. The second-order valence-electron chi connectivity index (χ2n) is 5.31. The van der Waals surface area contributed by atoms with Crippen molar-refractivity contribution < 1.29 is 0 Å². The highest BCUT2D eigenvalue weighted by atomic mass is 79.9. The largest absolute Gasteiger partial charge is 0.354 e. The van der Waals surface area contributed by atoms with Gasteiger partial charge in [-0.15, -0.1) is 11.3 Å². The van der Waals surface area contributed by atoms with Gasteiger partial charge in [-0.1, -0.05) is 67.9 Å². The van der Waals surface area contributed by atoms with E-state index in [0.717, 1.165) is 4.47 Å². The van der Waals surface area contributed by atoms with Crippen LogP contribution >= 0.6 is 27.3 Å². The Morgan fingerprint density at radius 2 is 1.40 bits per heavy atom. The maximum Gasteiger partial charge on any atom is 0.0479 e. The van der Waals surface area contributed by atoms with Gasteiger partial charge >= 0.3 is 0 Å². The molecule has 0 saturated heterocycles. The fourth-order valence-corrected chi connectivity index (χ4v) is 4.59. The van der Waals surface area contributed by atoms with Gasteiger partial charge in [0, 0.05) is 46.5 Å². The SMILES string of the molecule is Brc1ccc2c(c1)[nH]c1cc3sc4ccccc4c3cc12.CC.CC. The number of rotatable bonds is 0. The van der Waals surface area contributed by atoms with Crippen molar-refractivity contribution in [3.05, 3.63) is 59.1 Å². The van der Waals surface area contributed by atoms with E-state index in [1.165, 1.54) is 42.0 Å². The van der Waals surface area contributed by atoms with Crippen LogP contribution in [0.2, 0.25) is 0 Å². The molecule has 0 unspecified atom stereocenters. The van der Waals surface area contributed by atoms with Gasteiger partial charge in [0.25, 0.3) is 0 Å². The first-order chi connectivity index (χ1) is 12.3. The summed E-state index contributed by atoms with van der Waals surface area (Å²) in [6.45, 7) is 8.00. The van der Waals surface area contributed by atoms with Crippen LogP contribution < -0.4 is 0 Å². The van der Waals surface area contributed by atoms with Crippen molar-refractivity contribution in [1.29, 1.82) is 0 Å². The van der Waals surface area contributed by atoms with Crippen LogP contribution in [0, 0.1) is 0 Å². The van der Waals surface area contributed by atoms with E-state index in [9.17, 15) is 0 Å². The highest BCUT2D eigenvalue weighted by molar-refractivity contribution is 9.10. The number of fused-ring (bicyclic) bond motifs is 6. The van der Waals surface area contributed by atoms with Gasteiger partial charge in [0.2, 0.25) is 0 Å². The number of aromatic nitrogens is 1. The lowest BCUT2D eigenvalue weighted by Gasteiger charge is -1.94. The van der Waals surface area contributed by atoms with E-state index in [4.69, 9.17) is 0 Å². The molecule has 1 N–H and O–H groups in total. The zero-order chi connectivity index (χ0) is 18.0. The molecule has 3 aromatic carbocycles. The summed E-state index contributed by atoms with van der Waals surface area (Å²) in [5, 5.41) is 5.29. The average Bonchev–Trinajstić information content (AvgIpc) is 3.19. The molecule has 0 aliphatic heterocycles. The van der Waals surface area contributed by atoms with Crippen molar-refractivity contribution in [2.75, 3.05) is 0 Å². The molecule has 3 heteroatoms. The van der Waals surface area contributed by atoms with Crippen molar-refractivity contribution in [2.45, 2.75) is 27.7 Å². The van der Waals surface area contributed by atoms with Gasteiger partial charge in [0.05, 0.1) is 0 Å². The van der Waals surface area contributed by atoms with E-state index >= 15 is 0 Å². The molecule has 1 nitrogen and oxygen atoms in total. The first kappa shape index (κ1) is 18.0. The first-order valence-corrected chi connectivity index (χ1v) is 10.4. The normalized spacial score (nSPS) is 10.6. The number of benzene rings is 3. The Bertz CT molecular complexity index is 1150. The minimum atomic E-state index is 1.11. The maximum atomic E-state index is 3.54. The van der Waals surface area contributed by atoms with Gasteiger partial charge in [0.15, 0.2) is 0 Å². The Morgan fingerprint density at radius 1 is 0.680 bits per heavy atom. The summed E-state index contributed by atoms with van der Waals surface area (Å²) >= 11 is 5.40. The van der Waals surface area contributed by atoms with Crippen LogP contribution in [0.15, 0.2) is 59.1 Å². The third-order valence-electron chi connectivity index (χ3n) is 4.06. The number of nitrogens with one attached hydrogen (secondary N) is 1. The number of aromatic amines is 1. The van der Waals surface area contributed by atoms with Crippen molar-refractivity contribution in [3.8, 4) is 0 Å². The molecule has 128 valence electrons. The van der Waals surface area contributed by atoms with Crippen LogP contribution in [0.3, 0.4) is 0 Å². The molecule has 0 aliphatic carbocycles. The number of hydrogen-bond donors (Lipinski definition) is 1. The summed E-state index contributed by atoms with van der Waals surface area (Å²) in [4.78, 5) is 3.53. The van der Waals surface area contributed by atoms with Gasteiger partial charge < -0.3 is 4.98 Å². The molecule has 5 rings (SSSR count). The summed E-state index contributed by atoms with van der Waals surface area (Å²) in [7, 11) is 0. The lowest BCUT2D eigenvalue weighted by molar-refractivity contribution is 1.50. The van der Waals surface area contributed by atoms with E-state index in [1.54, 1.807) is 0 Å². The number of halogens is 1. The van der Waals surface area contributed by atoms with Gasteiger partial charge in [-0.25, -0.2) is 0 Å². The van der Waals surface area contributed by atoms with Gasteiger partial charge in [-0.05, 0) is 30.3 Å². The third-order valence-corrected chi connectivity index (χ3v) is 5.68. The lowest BCUT2D eigenvalue weighted by atomic mass is 10.1.